The quantitative estimate of drug-likeness (QED) is 0.915. The molecular formula is C17H22ClN3O2. The average molecular weight is 336 g/mol. The van der Waals surface area contributed by atoms with Gasteiger partial charge in [0.1, 0.15) is 0 Å². The molecule has 1 aromatic carbocycles. The predicted molar refractivity (Wildman–Crippen MR) is 91.5 cm³/mol. The molecular weight excluding hydrogens is 314 g/mol. The highest BCUT2D eigenvalue weighted by Crippen LogP contribution is 2.29. The number of piperidine rings is 1. The first-order chi connectivity index (χ1) is 10.5. The predicted octanol–water partition coefficient (Wildman–Crippen LogP) is 2.96. The summed E-state index contributed by atoms with van der Waals surface area (Å²) in [5, 5.41) is 3.94. The molecule has 23 heavy (non-hydrogen) atoms. The van der Waals surface area contributed by atoms with E-state index in [1.165, 1.54) is 0 Å². The maximum absolute atomic E-state index is 12.6. The second-order valence-electron chi connectivity index (χ2n) is 6.55. The molecule has 1 unspecified atom stereocenters. The van der Waals surface area contributed by atoms with Gasteiger partial charge >= 0.3 is 0 Å². The van der Waals surface area contributed by atoms with Crippen LogP contribution in [-0.2, 0) is 0 Å². The zero-order valence-electron chi connectivity index (χ0n) is 13.4. The second-order valence-corrected chi connectivity index (χ2v) is 6.55. The van der Waals surface area contributed by atoms with E-state index in [4.69, 9.17) is 10.3 Å². The number of rotatable bonds is 2. The van der Waals surface area contributed by atoms with E-state index in [0.29, 0.717) is 24.5 Å². The number of hydrogen-bond acceptors (Lipinski definition) is 4. The number of benzene rings is 1. The normalized spacial score (nSPS) is 20.0. The van der Waals surface area contributed by atoms with Crippen molar-refractivity contribution in [3.05, 3.63) is 42.1 Å². The third-order valence-corrected chi connectivity index (χ3v) is 4.39. The topological polar surface area (TPSA) is 72.4 Å². The second kappa shape index (κ2) is 6.72. The average Bonchev–Trinajstić information content (AvgIpc) is 3.00. The molecule has 1 aromatic heterocycles. The Labute approximate surface area is 142 Å². The fourth-order valence-electron chi connectivity index (χ4n) is 2.82. The molecule has 2 N–H and O–H groups in total. The zero-order chi connectivity index (χ0) is 15.7. The van der Waals surface area contributed by atoms with E-state index in [-0.39, 0.29) is 29.8 Å². The summed E-state index contributed by atoms with van der Waals surface area (Å²) in [6, 6.07) is 11.5. The standard InChI is InChI=1S/C17H21N3O2.ClH/c1-17(2)11-20(9-8-15(17)18)16(21)13-10-14(22-19-13)12-6-4-3-5-7-12;/h3-7,10,15H,8-9,11,18H2,1-2H3;1H. The Morgan fingerprint density at radius 2 is 2.04 bits per heavy atom. The Kier molecular flexibility index (Phi) is 5.12. The van der Waals surface area contributed by atoms with Crippen LogP contribution in [0.5, 0.6) is 0 Å². The molecule has 1 atom stereocenters. The zero-order valence-corrected chi connectivity index (χ0v) is 14.2. The first-order valence-electron chi connectivity index (χ1n) is 7.54. The minimum absolute atomic E-state index is 0. The molecule has 5 nitrogen and oxygen atoms in total. The van der Waals surface area contributed by atoms with Crippen LogP contribution in [0.4, 0.5) is 0 Å². The summed E-state index contributed by atoms with van der Waals surface area (Å²) in [5.41, 5.74) is 7.30. The fraction of sp³-hybridized carbons (Fsp3) is 0.412. The largest absolute Gasteiger partial charge is 0.355 e. The molecule has 2 heterocycles. The van der Waals surface area contributed by atoms with Crippen LogP contribution in [0.25, 0.3) is 11.3 Å². The number of likely N-dealkylation sites (tertiary alicyclic amines) is 1. The van der Waals surface area contributed by atoms with Crippen LogP contribution < -0.4 is 5.73 Å². The lowest BCUT2D eigenvalue weighted by Crippen LogP contribution is -2.54. The lowest BCUT2D eigenvalue weighted by molar-refractivity contribution is 0.0523. The highest BCUT2D eigenvalue weighted by Gasteiger charge is 2.36. The maximum atomic E-state index is 12.6. The van der Waals surface area contributed by atoms with Crippen LogP contribution in [0.2, 0.25) is 0 Å². The van der Waals surface area contributed by atoms with Crippen LogP contribution in [0.1, 0.15) is 30.8 Å². The van der Waals surface area contributed by atoms with Gasteiger partial charge in [0.05, 0.1) is 0 Å². The van der Waals surface area contributed by atoms with Crippen molar-refractivity contribution >= 4 is 18.3 Å². The van der Waals surface area contributed by atoms with Gasteiger partial charge in [0.2, 0.25) is 0 Å². The van der Waals surface area contributed by atoms with Gasteiger partial charge in [-0.25, -0.2) is 0 Å². The SMILES string of the molecule is CC1(C)CN(C(=O)c2cc(-c3ccccc3)on2)CCC1N.Cl. The van der Waals surface area contributed by atoms with Gasteiger partial charge in [0.25, 0.3) is 5.91 Å². The number of halogens is 1. The third-order valence-electron chi connectivity index (χ3n) is 4.39. The molecule has 1 saturated heterocycles. The molecule has 0 spiro atoms. The van der Waals surface area contributed by atoms with E-state index in [1.54, 1.807) is 6.07 Å². The smallest absolute Gasteiger partial charge is 0.276 e. The molecule has 124 valence electrons. The monoisotopic (exact) mass is 335 g/mol. The lowest BCUT2D eigenvalue weighted by Gasteiger charge is -2.42. The van der Waals surface area contributed by atoms with Crippen molar-refractivity contribution < 1.29 is 9.32 Å². The van der Waals surface area contributed by atoms with Gasteiger partial charge in [-0.1, -0.05) is 49.3 Å². The maximum Gasteiger partial charge on any atom is 0.276 e. The van der Waals surface area contributed by atoms with Crippen molar-refractivity contribution in [1.82, 2.24) is 10.1 Å². The summed E-state index contributed by atoms with van der Waals surface area (Å²) in [7, 11) is 0. The van der Waals surface area contributed by atoms with E-state index >= 15 is 0 Å². The Bertz CT molecular complexity index is 669. The van der Waals surface area contributed by atoms with E-state index in [2.05, 4.69) is 19.0 Å². The van der Waals surface area contributed by atoms with Crippen molar-refractivity contribution in [2.45, 2.75) is 26.3 Å². The number of carbonyl (C=O) groups excluding carboxylic acids is 1. The number of carbonyl (C=O) groups is 1. The summed E-state index contributed by atoms with van der Waals surface area (Å²) in [6.07, 6.45) is 0.808. The molecule has 3 rings (SSSR count). The van der Waals surface area contributed by atoms with Crippen molar-refractivity contribution in [3.8, 4) is 11.3 Å². The Morgan fingerprint density at radius 1 is 1.35 bits per heavy atom. The number of amides is 1. The minimum Gasteiger partial charge on any atom is -0.355 e. The molecule has 1 aliphatic heterocycles. The molecule has 2 aromatic rings. The first kappa shape index (κ1) is 17.5. The van der Waals surface area contributed by atoms with Gasteiger partial charge in [-0.2, -0.15) is 0 Å². The van der Waals surface area contributed by atoms with Crippen molar-refractivity contribution in [2.24, 2.45) is 11.1 Å². The third kappa shape index (κ3) is 3.57. The Morgan fingerprint density at radius 3 is 2.70 bits per heavy atom. The van der Waals surface area contributed by atoms with E-state index in [9.17, 15) is 4.79 Å². The summed E-state index contributed by atoms with van der Waals surface area (Å²) in [6.45, 7) is 5.49. The van der Waals surface area contributed by atoms with Gasteiger partial charge in [0, 0.05) is 30.8 Å². The number of nitrogens with two attached hydrogens (primary N) is 1. The van der Waals surface area contributed by atoms with E-state index in [0.717, 1.165) is 12.0 Å². The van der Waals surface area contributed by atoms with Crippen LogP contribution in [0.15, 0.2) is 40.9 Å². The summed E-state index contributed by atoms with van der Waals surface area (Å²) < 4.78 is 5.31. The number of nitrogens with zero attached hydrogens (tertiary/aromatic N) is 2. The molecule has 0 saturated carbocycles. The number of aromatic nitrogens is 1. The van der Waals surface area contributed by atoms with E-state index < -0.39 is 0 Å². The molecule has 0 aliphatic carbocycles. The Balaban J connectivity index is 0.00000192. The number of hydrogen-bond donors (Lipinski definition) is 1. The minimum atomic E-state index is -0.0918. The Hall–Kier alpha value is -1.85. The van der Waals surface area contributed by atoms with Crippen LogP contribution >= 0.6 is 12.4 Å². The highest BCUT2D eigenvalue weighted by molar-refractivity contribution is 5.93. The lowest BCUT2D eigenvalue weighted by atomic mass is 9.79. The van der Waals surface area contributed by atoms with Gasteiger partial charge in [-0.05, 0) is 11.8 Å². The molecule has 6 heteroatoms. The van der Waals surface area contributed by atoms with Crippen LogP contribution in [0, 0.1) is 5.41 Å². The van der Waals surface area contributed by atoms with Gasteiger partial charge in [0.15, 0.2) is 11.5 Å². The van der Waals surface area contributed by atoms with Gasteiger partial charge in [-0.3, -0.25) is 4.79 Å². The van der Waals surface area contributed by atoms with Crippen LogP contribution in [0.3, 0.4) is 0 Å². The molecule has 1 amide bonds. The van der Waals surface area contributed by atoms with Gasteiger partial charge in [-0.15, -0.1) is 12.4 Å². The first-order valence-corrected chi connectivity index (χ1v) is 7.54. The van der Waals surface area contributed by atoms with Gasteiger partial charge < -0.3 is 15.2 Å². The highest BCUT2D eigenvalue weighted by atomic mass is 35.5. The van der Waals surface area contributed by atoms with Crippen molar-refractivity contribution in [2.75, 3.05) is 13.1 Å². The van der Waals surface area contributed by atoms with Crippen molar-refractivity contribution in [3.63, 3.8) is 0 Å². The fourth-order valence-corrected chi connectivity index (χ4v) is 2.82. The van der Waals surface area contributed by atoms with Crippen molar-refractivity contribution in [1.29, 1.82) is 0 Å². The summed E-state index contributed by atoms with van der Waals surface area (Å²) >= 11 is 0. The summed E-state index contributed by atoms with van der Waals surface area (Å²) in [4.78, 5) is 14.4. The molecule has 0 radical (unpaired) electrons. The van der Waals surface area contributed by atoms with Crippen LogP contribution in [-0.4, -0.2) is 35.1 Å². The molecule has 1 aliphatic rings. The summed E-state index contributed by atoms with van der Waals surface area (Å²) in [5.74, 6) is 0.517. The molecule has 1 fully saturated rings. The molecule has 0 bridgehead atoms. The van der Waals surface area contributed by atoms with E-state index in [1.807, 2.05) is 35.2 Å².